The number of H-pyrrole nitrogens is 1. The van der Waals surface area contributed by atoms with Gasteiger partial charge in [0.2, 0.25) is 5.91 Å². The van der Waals surface area contributed by atoms with E-state index in [1.165, 1.54) is 5.56 Å². The lowest BCUT2D eigenvalue weighted by atomic mass is 10.1. The van der Waals surface area contributed by atoms with Crippen molar-refractivity contribution in [3.8, 4) is 0 Å². The minimum atomic E-state index is -0.102. The van der Waals surface area contributed by atoms with Gasteiger partial charge in [-0.3, -0.25) is 10.2 Å². The summed E-state index contributed by atoms with van der Waals surface area (Å²) in [5.41, 5.74) is 5.47. The molecule has 0 radical (unpaired) electrons. The van der Waals surface area contributed by atoms with Crippen molar-refractivity contribution in [2.45, 2.75) is 32.6 Å². The molecule has 0 saturated heterocycles. The van der Waals surface area contributed by atoms with E-state index in [4.69, 9.17) is 5.84 Å². The number of carbonyl (C=O) groups is 1. The Kier molecular flexibility index (Phi) is 3.94. The van der Waals surface area contributed by atoms with Crippen molar-refractivity contribution in [1.29, 1.82) is 0 Å². The van der Waals surface area contributed by atoms with E-state index in [1.54, 1.807) is 0 Å². The van der Waals surface area contributed by atoms with Gasteiger partial charge in [0.1, 0.15) is 5.82 Å². The lowest BCUT2D eigenvalue weighted by Crippen LogP contribution is -2.29. The fourth-order valence-corrected chi connectivity index (χ4v) is 2.03. The van der Waals surface area contributed by atoms with Gasteiger partial charge in [0.05, 0.1) is 11.0 Å². The maximum Gasteiger partial charge on any atom is 0.233 e. The fourth-order valence-electron chi connectivity index (χ4n) is 2.03. The molecule has 0 aliphatic heterocycles. The second-order valence-electron chi connectivity index (χ2n) is 4.45. The van der Waals surface area contributed by atoms with Gasteiger partial charge in [-0.15, -0.1) is 0 Å². The van der Waals surface area contributed by atoms with Crippen LogP contribution in [-0.4, -0.2) is 15.9 Å². The average Bonchev–Trinajstić information content (AvgIpc) is 2.73. The molecular weight excluding hydrogens is 228 g/mol. The summed E-state index contributed by atoms with van der Waals surface area (Å²) in [6.07, 6.45) is 3.28. The van der Waals surface area contributed by atoms with Crippen LogP contribution in [0.4, 0.5) is 0 Å². The quantitative estimate of drug-likeness (QED) is 0.324. The number of rotatable bonds is 5. The summed E-state index contributed by atoms with van der Waals surface area (Å²) < 4.78 is 0. The normalized spacial score (nSPS) is 10.8. The maximum atomic E-state index is 11.0. The van der Waals surface area contributed by atoms with E-state index < -0.39 is 0 Å². The van der Waals surface area contributed by atoms with Crippen LogP contribution in [0.25, 0.3) is 11.0 Å². The summed E-state index contributed by atoms with van der Waals surface area (Å²) in [6.45, 7) is 1.95. The van der Waals surface area contributed by atoms with Gasteiger partial charge in [-0.1, -0.05) is 6.07 Å². The van der Waals surface area contributed by atoms with Gasteiger partial charge in [-0.2, -0.15) is 0 Å². The fraction of sp³-hybridized carbons (Fsp3) is 0.385. The lowest BCUT2D eigenvalue weighted by Gasteiger charge is -2.01. The van der Waals surface area contributed by atoms with Gasteiger partial charge in [-0.05, 0) is 43.9 Å². The van der Waals surface area contributed by atoms with Crippen LogP contribution in [0.5, 0.6) is 0 Å². The molecule has 0 fully saturated rings. The number of fused-ring (bicyclic) bond motifs is 1. The highest BCUT2D eigenvalue weighted by molar-refractivity contribution is 5.76. The molecule has 1 amide bonds. The Labute approximate surface area is 106 Å². The Bertz CT molecular complexity index is 547. The number of aromatic nitrogens is 2. The van der Waals surface area contributed by atoms with Crippen LogP contribution in [0.2, 0.25) is 0 Å². The molecule has 0 bridgehead atoms. The van der Waals surface area contributed by atoms with E-state index in [1.807, 2.05) is 13.0 Å². The molecular formula is C13H18N4O. The molecule has 5 nitrogen and oxygen atoms in total. The van der Waals surface area contributed by atoms with Gasteiger partial charge in [0.15, 0.2) is 0 Å². The number of nitrogens with one attached hydrogen (secondary N) is 2. The van der Waals surface area contributed by atoms with E-state index in [9.17, 15) is 4.79 Å². The van der Waals surface area contributed by atoms with E-state index in [0.717, 1.165) is 36.1 Å². The molecule has 2 rings (SSSR count). The second-order valence-corrected chi connectivity index (χ2v) is 4.45. The van der Waals surface area contributed by atoms with Crippen LogP contribution in [0, 0.1) is 6.92 Å². The van der Waals surface area contributed by atoms with E-state index in [-0.39, 0.29) is 5.91 Å². The minimum Gasteiger partial charge on any atom is -0.342 e. The summed E-state index contributed by atoms with van der Waals surface area (Å²) in [4.78, 5) is 18.5. The molecule has 0 aliphatic carbocycles. The van der Waals surface area contributed by atoms with Crippen LogP contribution < -0.4 is 11.3 Å². The number of carbonyl (C=O) groups excluding carboxylic acids is 1. The van der Waals surface area contributed by atoms with E-state index in [0.29, 0.717) is 6.42 Å². The van der Waals surface area contributed by atoms with Crippen molar-refractivity contribution in [3.05, 3.63) is 29.6 Å². The third-order valence-corrected chi connectivity index (χ3v) is 2.94. The first-order valence-corrected chi connectivity index (χ1v) is 6.14. The van der Waals surface area contributed by atoms with Crippen molar-refractivity contribution >= 4 is 16.9 Å². The summed E-state index contributed by atoms with van der Waals surface area (Å²) in [6, 6.07) is 6.24. The molecule has 0 aliphatic rings. The number of nitrogens with zero attached hydrogens (tertiary/aromatic N) is 1. The van der Waals surface area contributed by atoms with Gasteiger partial charge in [0.25, 0.3) is 0 Å². The molecule has 1 aromatic carbocycles. The van der Waals surface area contributed by atoms with Crippen molar-refractivity contribution in [2.24, 2.45) is 5.84 Å². The van der Waals surface area contributed by atoms with Crippen LogP contribution in [0.1, 0.15) is 30.7 Å². The number of aromatic amines is 1. The maximum absolute atomic E-state index is 11.0. The first kappa shape index (κ1) is 12.6. The molecule has 2 aromatic rings. The van der Waals surface area contributed by atoms with Gasteiger partial charge < -0.3 is 4.98 Å². The summed E-state index contributed by atoms with van der Waals surface area (Å²) in [5, 5.41) is 0. The topological polar surface area (TPSA) is 83.8 Å². The number of benzene rings is 1. The Hall–Kier alpha value is -1.88. The van der Waals surface area contributed by atoms with Crippen LogP contribution >= 0.6 is 0 Å². The SMILES string of the molecule is Cc1nc2ccc(CCCCC(=O)NN)cc2[nH]1. The first-order chi connectivity index (χ1) is 8.69. The molecule has 0 saturated carbocycles. The molecule has 0 unspecified atom stereocenters. The highest BCUT2D eigenvalue weighted by Crippen LogP contribution is 2.15. The zero-order valence-electron chi connectivity index (χ0n) is 10.5. The minimum absolute atomic E-state index is 0.102. The Morgan fingerprint density at radius 2 is 2.28 bits per heavy atom. The Morgan fingerprint density at radius 1 is 1.44 bits per heavy atom. The lowest BCUT2D eigenvalue weighted by molar-refractivity contribution is -0.121. The predicted octanol–water partition coefficient (Wildman–Crippen LogP) is 1.57. The van der Waals surface area contributed by atoms with Crippen LogP contribution in [-0.2, 0) is 11.2 Å². The molecule has 1 heterocycles. The van der Waals surface area contributed by atoms with Crippen molar-refractivity contribution < 1.29 is 4.79 Å². The smallest absolute Gasteiger partial charge is 0.233 e. The standard InChI is InChI=1S/C13H18N4O/c1-9-15-11-7-6-10(8-12(11)16-9)4-2-3-5-13(18)17-14/h6-8H,2-5,14H2,1H3,(H,15,16)(H,17,18). The number of hydrogen-bond donors (Lipinski definition) is 3. The molecule has 5 heteroatoms. The molecule has 0 spiro atoms. The molecule has 4 N–H and O–H groups in total. The van der Waals surface area contributed by atoms with Crippen molar-refractivity contribution in [3.63, 3.8) is 0 Å². The molecule has 0 atom stereocenters. The van der Waals surface area contributed by atoms with Crippen LogP contribution in [0.3, 0.4) is 0 Å². The molecule has 18 heavy (non-hydrogen) atoms. The van der Waals surface area contributed by atoms with Gasteiger partial charge in [-0.25, -0.2) is 10.8 Å². The van der Waals surface area contributed by atoms with Gasteiger partial charge in [0, 0.05) is 6.42 Å². The highest BCUT2D eigenvalue weighted by Gasteiger charge is 2.02. The summed E-state index contributed by atoms with van der Waals surface area (Å²) in [7, 11) is 0. The Morgan fingerprint density at radius 3 is 3.06 bits per heavy atom. The molecule has 96 valence electrons. The number of nitrogens with two attached hydrogens (primary N) is 1. The monoisotopic (exact) mass is 246 g/mol. The third-order valence-electron chi connectivity index (χ3n) is 2.94. The number of amides is 1. The predicted molar refractivity (Wildman–Crippen MR) is 70.7 cm³/mol. The summed E-state index contributed by atoms with van der Waals surface area (Å²) in [5.74, 6) is 5.85. The molecule has 1 aromatic heterocycles. The number of unbranched alkanes of at least 4 members (excludes halogenated alkanes) is 1. The highest BCUT2D eigenvalue weighted by atomic mass is 16.2. The Balaban J connectivity index is 1.89. The van der Waals surface area contributed by atoms with Crippen LogP contribution in [0.15, 0.2) is 18.2 Å². The first-order valence-electron chi connectivity index (χ1n) is 6.14. The number of hydrazine groups is 1. The van der Waals surface area contributed by atoms with Gasteiger partial charge >= 0.3 is 0 Å². The second kappa shape index (κ2) is 5.64. The number of aryl methyl sites for hydroxylation is 2. The van der Waals surface area contributed by atoms with Crippen molar-refractivity contribution in [1.82, 2.24) is 15.4 Å². The van der Waals surface area contributed by atoms with E-state index in [2.05, 4.69) is 27.5 Å². The number of hydrogen-bond acceptors (Lipinski definition) is 3. The zero-order chi connectivity index (χ0) is 13.0. The van der Waals surface area contributed by atoms with Crippen molar-refractivity contribution in [2.75, 3.05) is 0 Å². The number of imidazole rings is 1. The summed E-state index contributed by atoms with van der Waals surface area (Å²) >= 11 is 0. The van der Waals surface area contributed by atoms with E-state index >= 15 is 0 Å². The average molecular weight is 246 g/mol. The largest absolute Gasteiger partial charge is 0.342 e. The zero-order valence-corrected chi connectivity index (χ0v) is 10.5. The third kappa shape index (κ3) is 3.07.